The number of amides is 3. The van der Waals surface area contributed by atoms with Crippen molar-refractivity contribution in [2.45, 2.75) is 76.3 Å². The van der Waals surface area contributed by atoms with E-state index in [0.717, 1.165) is 24.0 Å². The number of carbonyl (C=O) groups is 4. The van der Waals surface area contributed by atoms with Gasteiger partial charge in [-0.2, -0.15) is 0 Å². The Kier molecular flexibility index (Phi) is 7.69. The van der Waals surface area contributed by atoms with Crippen molar-refractivity contribution in [3.8, 4) is 0 Å². The number of hydrogen-bond acceptors (Lipinski definition) is 8. The summed E-state index contributed by atoms with van der Waals surface area (Å²) in [7, 11) is -2.21. The Hall–Kier alpha value is -3.51. The molecule has 0 spiro atoms. The average Bonchev–Trinajstić information content (AvgIpc) is 3.75. The van der Waals surface area contributed by atoms with Crippen LogP contribution >= 0.6 is 0 Å². The second kappa shape index (κ2) is 11.3. The molecule has 1 saturated heterocycles. The molecule has 0 bridgehead atoms. The SMILES string of the molecule is CC(=O)CC1(NC(=O)[C@@H]2C[C@@H](NC(=O)c3ccc4c(c3)B(O)OC4)CN2C(=O)c2ccc3c(c2)B(O)OC3)CCCC1. The smallest absolute Gasteiger partial charge is 0.423 e. The van der Waals surface area contributed by atoms with Gasteiger partial charge in [0.2, 0.25) is 5.91 Å². The normalized spacial score (nSPS) is 22.2. The van der Waals surface area contributed by atoms with Crippen molar-refractivity contribution in [2.24, 2.45) is 0 Å². The number of likely N-dealkylation sites (tertiary alicyclic amines) is 1. The third-order valence-electron chi connectivity index (χ3n) is 8.86. The van der Waals surface area contributed by atoms with Crippen LogP contribution in [0.25, 0.3) is 0 Å². The quantitative estimate of drug-likeness (QED) is 0.325. The number of nitrogens with zero attached hydrogens (tertiary/aromatic N) is 1. The van der Waals surface area contributed by atoms with Crippen molar-refractivity contribution in [1.29, 1.82) is 0 Å². The maximum Gasteiger partial charge on any atom is 0.491 e. The maximum absolute atomic E-state index is 13.8. The Morgan fingerprint density at radius 2 is 1.55 bits per heavy atom. The van der Waals surface area contributed by atoms with Gasteiger partial charge < -0.3 is 34.9 Å². The predicted molar refractivity (Wildman–Crippen MR) is 153 cm³/mol. The molecule has 0 aromatic heterocycles. The summed E-state index contributed by atoms with van der Waals surface area (Å²) in [4.78, 5) is 54.4. The van der Waals surface area contributed by atoms with Gasteiger partial charge in [-0.15, -0.1) is 0 Å². The lowest BCUT2D eigenvalue weighted by Gasteiger charge is -2.33. The van der Waals surface area contributed by atoms with Crippen LogP contribution in [-0.4, -0.2) is 76.9 Å². The second-order valence-corrected chi connectivity index (χ2v) is 11.9. The molecule has 2 aromatic rings. The maximum atomic E-state index is 13.8. The molecule has 6 rings (SSSR count). The Bertz CT molecular complexity index is 1450. The van der Waals surface area contributed by atoms with Crippen LogP contribution in [0, 0.1) is 0 Å². The fourth-order valence-electron chi connectivity index (χ4n) is 6.77. The molecule has 2 aromatic carbocycles. The number of nitrogens with one attached hydrogen (secondary N) is 2. The van der Waals surface area contributed by atoms with Gasteiger partial charge in [0.15, 0.2) is 0 Å². The Morgan fingerprint density at radius 1 is 0.952 bits per heavy atom. The van der Waals surface area contributed by atoms with Crippen molar-refractivity contribution in [2.75, 3.05) is 6.54 Å². The Labute approximate surface area is 244 Å². The number of rotatable bonds is 7. The molecule has 3 amide bonds. The van der Waals surface area contributed by atoms with E-state index in [1.807, 2.05) is 0 Å². The molecule has 1 aliphatic carbocycles. The number of ketones is 1. The topological polar surface area (TPSA) is 154 Å². The molecule has 218 valence electrons. The van der Waals surface area contributed by atoms with E-state index in [-0.39, 0.29) is 44.3 Å². The van der Waals surface area contributed by atoms with Gasteiger partial charge >= 0.3 is 14.2 Å². The van der Waals surface area contributed by atoms with Crippen LogP contribution in [0.15, 0.2) is 36.4 Å². The van der Waals surface area contributed by atoms with Crippen molar-refractivity contribution in [3.63, 3.8) is 0 Å². The van der Waals surface area contributed by atoms with E-state index in [4.69, 9.17) is 9.31 Å². The molecular weight excluding hydrogens is 540 g/mol. The summed E-state index contributed by atoms with van der Waals surface area (Å²) < 4.78 is 10.5. The lowest BCUT2D eigenvalue weighted by atomic mass is 9.78. The predicted octanol–water partition coefficient (Wildman–Crippen LogP) is -0.457. The third-order valence-corrected chi connectivity index (χ3v) is 8.86. The minimum Gasteiger partial charge on any atom is -0.423 e. The van der Waals surface area contributed by atoms with Crippen molar-refractivity contribution in [1.82, 2.24) is 15.5 Å². The minimum absolute atomic E-state index is 0.00882. The minimum atomic E-state index is -1.12. The zero-order valence-corrected chi connectivity index (χ0v) is 23.4. The van der Waals surface area contributed by atoms with E-state index in [0.29, 0.717) is 34.9 Å². The first-order valence-electron chi connectivity index (χ1n) is 14.4. The molecule has 2 atom stereocenters. The van der Waals surface area contributed by atoms with Crippen LogP contribution in [0.1, 0.15) is 77.3 Å². The highest BCUT2D eigenvalue weighted by Gasteiger charge is 2.45. The lowest BCUT2D eigenvalue weighted by Crippen LogP contribution is -2.54. The standard InChI is InChI=1S/C29H33B2N3O8/c1-17(35)13-29(8-2-3-9-29)33-27(37)25-12-22(32-26(36)18-4-6-20-15-41-30(39)23(20)10-18)14-34(25)28(38)19-5-7-21-16-42-31(40)24(21)11-19/h4-7,10-11,22,25,39-40H,2-3,8-9,12-16H2,1H3,(H,32,36)(H,33,37)/t22-,25+/m1/s1. The molecule has 0 radical (unpaired) electrons. The van der Waals surface area contributed by atoms with E-state index >= 15 is 0 Å². The molecule has 3 heterocycles. The average molecular weight is 573 g/mol. The molecule has 3 aliphatic heterocycles. The fraction of sp³-hybridized carbons (Fsp3) is 0.448. The lowest BCUT2D eigenvalue weighted by molar-refractivity contribution is -0.127. The number of fused-ring (bicyclic) bond motifs is 2. The summed E-state index contributed by atoms with van der Waals surface area (Å²) in [6.07, 6.45) is 3.60. The zero-order valence-electron chi connectivity index (χ0n) is 23.4. The summed E-state index contributed by atoms with van der Waals surface area (Å²) in [6.45, 7) is 2.12. The highest BCUT2D eigenvalue weighted by Crippen LogP contribution is 2.34. The largest absolute Gasteiger partial charge is 0.491 e. The molecule has 13 heteroatoms. The Morgan fingerprint density at radius 3 is 2.17 bits per heavy atom. The molecule has 4 aliphatic rings. The summed E-state index contributed by atoms with van der Waals surface area (Å²) in [5.74, 6) is -1.16. The number of hydrogen-bond donors (Lipinski definition) is 4. The highest BCUT2D eigenvalue weighted by molar-refractivity contribution is 6.62. The molecule has 4 N–H and O–H groups in total. The van der Waals surface area contributed by atoms with Crippen LogP contribution in [0.3, 0.4) is 0 Å². The first kappa shape index (κ1) is 28.6. The van der Waals surface area contributed by atoms with Gasteiger partial charge in [-0.3, -0.25) is 19.2 Å². The molecule has 1 saturated carbocycles. The van der Waals surface area contributed by atoms with Crippen LogP contribution in [0.4, 0.5) is 0 Å². The van der Waals surface area contributed by atoms with Gasteiger partial charge in [0, 0.05) is 35.7 Å². The molecule has 2 fully saturated rings. The summed E-state index contributed by atoms with van der Waals surface area (Å²) >= 11 is 0. The van der Waals surface area contributed by atoms with Crippen molar-refractivity contribution in [3.05, 3.63) is 58.7 Å². The highest BCUT2D eigenvalue weighted by atomic mass is 16.5. The van der Waals surface area contributed by atoms with Crippen LogP contribution < -0.4 is 21.6 Å². The number of Topliss-reactive ketones (excluding diaryl/α,β-unsaturated/α-hetero) is 1. The van der Waals surface area contributed by atoms with E-state index in [1.165, 1.54) is 11.8 Å². The van der Waals surface area contributed by atoms with Crippen LogP contribution in [0.5, 0.6) is 0 Å². The molecular formula is C29H33B2N3O8. The third kappa shape index (κ3) is 5.49. The first-order chi connectivity index (χ1) is 20.1. The van der Waals surface area contributed by atoms with E-state index in [1.54, 1.807) is 36.4 Å². The van der Waals surface area contributed by atoms with Gasteiger partial charge in [0.1, 0.15) is 11.8 Å². The fourth-order valence-corrected chi connectivity index (χ4v) is 6.77. The van der Waals surface area contributed by atoms with Crippen molar-refractivity contribution >= 4 is 48.7 Å². The van der Waals surface area contributed by atoms with Gasteiger partial charge in [0.25, 0.3) is 11.8 Å². The second-order valence-electron chi connectivity index (χ2n) is 11.9. The van der Waals surface area contributed by atoms with E-state index in [2.05, 4.69) is 10.6 Å². The van der Waals surface area contributed by atoms with Gasteiger partial charge in [-0.25, -0.2) is 0 Å². The van der Waals surface area contributed by atoms with Crippen LogP contribution in [-0.2, 0) is 32.1 Å². The van der Waals surface area contributed by atoms with E-state index < -0.39 is 43.7 Å². The molecule has 11 nitrogen and oxygen atoms in total. The molecule has 0 unspecified atom stereocenters. The number of benzene rings is 2. The monoisotopic (exact) mass is 573 g/mol. The van der Waals surface area contributed by atoms with Crippen LogP contribution in [0.2, 0.25) is 0 Å². The number of carbonyl (C=O) groups excluding carboxylic acids is 4. The van der Waals surface area contributed by atoms with E-state index in [9.17, 15) is 29.2 Å². The Balaban J connectivity index is 1.24. The first-order valence-corrected chi connectivity index (χ1v) is 14.4. The van der Waals surface area contributed by atoms with Gasteiger partial charge in [-0.05, 0) is 72.5 Å². The van der Waals surface area contributed by atoms with Crippen molar-refractivity contribution < 1.29 is 38.5 Å². The molecule has 42 heavy (non-hydrogen) atoms. The summed E-state index contributed by atoms with van der Waals surface area (Å²) in [6, 6.07) is 8.55. The van der Waals surface area contributed by atoms with Gasteiger partial charge in [-0.1, -0.05) is 25.0 Å². The summed E-state index contributed by atoms with van der Waals surface area (Å²) in [5, 5.41) is 26.3. The summed E-state index contributed by atoms with van der Waals surface area (Å²) in [5.41, 5.74) is 2.65. The zero-order chi connectivity index (χ0) is 29.6. The van der Waals surface area contributed by atoms with Gasteiger partial charge in [0.05, 0.1) is 13.2 Å².